The first-order valence-corrected chi connectivity index (χ1v) is 5.94. The van der Waals surface area contributed by atoms with Gasteiger partial charge in [0.15, 0.2) is 0 Å². The van der Waals surface area contributed by atoms with Crippen molar-refractivity contribution in [3.63, 3.8) is 0 Å². The van der Waals surface area contributed by atoms with E-state index >= 15 is 0 Å². The first-order valence-electron chi connectivity index (χ1n) is 3.33. The molecule has 0 amide bonds. The molecule has 0 saturated carbocycles. The molecular weight excluding hydrogens is 237 g/mol. The van der Waals surface area contributed by atoms with Gasteiger partial charge in [-0.25, -0.2) is 0 Å². The Balaban J connectivity index is 3.19. The molecule has 1 aromatic rings. The average Bonchev–Trinajstić information content (AvgIpc) is 2.04. The number of nitrogen functional groups attached to an aromatic ring is 1. The molecule has 70 valence electrons. The summed E-state index contributed by atoms with van der Waals surface area (Å²) in [7, 11) is 0. The molecule has 0 bridgehead atoms. The van der Waals surface area contributed by atoms with E-state index in [1.807, 2.05) is 0 Å². The Kier molecular flexibility index (Phi) is 2.93. The summed E-state index contributed by atoms with van der Waals surface area (Å²) in [6.45, 7) is 0. The van der Waals surface area contributed by atoms with Crippen LogP contribution in [0.5, 0.6) is 0 Å². The van der Waals surface area contributed by atoms with Gasteiger partial charge in [-0.05, 0) is 0 Å². The zero-order chi connectivity index (χ0) is 10.0. The first-order chi connectivity index (χ1) is 6.02. The number of hydrogen-bond donors (Lipinski definition) is 4. The van der Waals surface area contributed by atoms with Crippen LogP contribution in [0, 0.1) is 0 Å². The van der Waals surface area contributed by atoms with Gasteiger partial charge in [0.25, 0.3) is 0 Å². The van der Waals surface area contributed by atoms with Crippen molar-refractivity contribution in [2.75, 3.05) is 5.73 Å². The van der Waals surface area contributed by atoms with Gasteiger partial charge in [0.05, 0.1) is 0 Å². The molecule has 0 unspecified atom stereocenters. The molecule has 0 spiro atoms. The summed E-state index contributed by atoms with van der Waals surface area (Å²) in [4.78, 5) is 10.5. The molecule has 0 atom stereocenters. The molecule has 0 aromatic heterocycles. The summed E-state index contributed by atoms with van der Waals surface area (Å²) in [5, 5.41) is 8.59. The van der Waals surface area contributed by atoms with E-state index in [4.69, 9.17) is 19.0 Å². The minimum absolute atomic E-state index is 0.00618. The SMILES string of the molecule is Nc1ccc(C(=O)O)cc1[As](O)O. The van der Waals surface area contributed by atoms with E-state index in [9.17, 15) is 4.79 Å². The number of rotatable bonds is 2. The van der Waals surface area contributed by atoms with Gasteiger partial charge >= 0.3 is 78.9 Å². The van der Waals surface area contributed by atoms with Crippen LogP contribution in [-0.2, 0) is 0 Å². The van der Waals surface area contributed by atoms with E-state index in [1.165, 1.54) is 18.2 Å². The topological polar surface area (TPSA) is 104 Å². The van der Waals surface area contributed by atoms with E-state index in [2.05, 4.69) is 0 Å². The Labute approximate surface area is 79.4 Å². The second-order valence-corrected chi connectivity index (χ2v) is 4.59. The zero-order valence-electron chi connectivity index (χ0n) is 6.51. The predicted octanol–water partition coefficient (Wildman–Crippen LogP) is -1.35. The van der Waals surface area contributed by atoms with Gasteiger partial charge in [0.2, 0.25) is 0 Å². The summed E-state index contributed by atoms with van der Waals surface area (Å²) in [5.41, 5.74) is 5.64. The van der Waals surface area contributed by atoms with Crippen LogP contribution in [0.4, 0.5) is 5.69 Å². The fourth-order valence-electron chi connectivity index (χ4n) is 0.850. The molecule has 0 fully saturated rings. The zero-order valence-corrected chi connectivity index (χ0v) is 8.38. The molecule has 5 nitrogen and oxygen atoms in total. The van der Waals surface area contributed by atoms with Crippen LogP contribution in [0.25, 0.3) is 0 Å². The van der Waals surface area contributed by atoms with E-state index < -0.39 is 21.3 Å². The van der Waals surface area contributed by atoms with Crippen LogP contribution in [0.2, 0.25) is 0 Å². The van der Waals surface area contributed by atoms with Gasteiger partial charge < -0.3 is 0 Å². The Morgan fingerprint density at radius 1 is 1.38 bits per heavy atom. The van der Waals surface area contributed by atoms with Crippen molar-refractivity contribution < 1.29 is 18.1 Å². The third-order valence-corrected chi connectivity index (χ3v) is 3.21. The number of carboxylic acid groups (broad SMARTS) is 1. The standard InChI is InChI=1S/C7H8AsNO4/c9-6-2-1-4(7(10)11)3-5(6)8(12)13/h1-3,12-13H,9H2,(H,10,11). The number of benzene rings is 1. The molecular formula is C7H8AsNO4. The van der Waals surface area contributed by atoms with Crippen molar-refractivity contribution in [1.29, 1.82) is 0 Å². The van der Waals surface area contributed by atoms with Gasteiger partial charge in [-0.1, -0.05) is 0 Å². The molecule has 0 aliphatic rings. The molecule has 13 heavy (non-hydrogen) atoms. The molecule has 0 aliphatic heterocycles. The Morgan fingerprint density at radius 2 is 2.00 bits per heavy atom. The van der Waals surface area contributed by atoms with Crippen molar-refractivity contribution in [3.05, 3.63) is 23.8 Å². The van der Waals surface area contributed by atoms with Crippen LogP contribution in [0.3, 0.4) is 0 Å². The van der Waals surface area contributed by atoms with E-state index in [0.717, 1.165) is 0 Å². The molecule has 0 saturated heterocycles. The fraction of sp³-hybridized carbons (Fsp3) is 0. The minimum atomic E-state index is -3.09. The predicted molar refractivity (Wildman–Crippen MR) is 47.6 cm³/mol. The van der Waals surface area contributed by atoms with Crippen LogP contribution >= 0.6 is 0 Å². The van der Waals surface area contributed by atoms with E-state index in [0.29, 0.717) is 0 Å². The Bertz CT molecular complexity index is 339. The number of carboxylic acids is 1. The molecule has 0 aliphatic carbocycles. The van der Waals surface area contributed by atoms with Crippen molar-refractivity contribution in [3.8, 4) is 0 Å². The van der Waals surface area contributed by atoms with Crippen molar-refractivity contribution >= 4 is 31.3 Å². The summed E-state index contributed by atoms with van der Waals surface area (Å²) >= 11 is -3.09. The number of carbonyl (C=O) groups is 1. The molecule has 0 heterocycles. The molecule has 1 rings (SSSR count). The summed E-state index contributed by atoms with van der Waals surface area (Å²) in [6, 6.07) is 3.86. The van der Waals surface area contributed by atoms with Gasteiger partial charge in [-0.3, -0.25) is 0 Å². The molecule has 1 aromatic carbocycles. The number of nitrogens with two attached hydrogens (primary N) is 1. The van der Waals surface area contributed by atoms with E-state index in [1.54, 1.807) is 0 Å². The summed E-state index contributed by atoms with van der Waals surface area (Å²) in [5.74, 6) is -1.11. The monoisotopic (exact) mass is 245 g/mol. The van der Waals surface area contributed by atoms with Crippen LogP contribution in [0.15, 0.2) is 18.2 Å². The quantitative estimate of drug-likeness (QED) is 0.381. The van der Waals surface area contributed by atoms with Crippen molar-refractivity contribution in [2.24, 2.45) is 0 Å². The van der Waals surface area contributed by atoms with Gasteiger partial charge in [0.1, 0.15) is 0 Å². The fourth-order valence-corrected chi connectivity index (χ4v) is 2.02. The van der Waals surface area contributed by atoms with Crippen LogP contribution in [-0.4, -0.2) is 34.6 Å². The van der Waals surface area contributed by atoms with Crippen molar-refractivity contribution in [1.82, 2.24) is 0 Å². The average molecular weight is 245 g/mol. The maximum atomic E-state index is 10.5. The van der Waals surface area contributed by atoms with Gasteiger partial charge in [0, 0.05) is 0 Å². The number of anilines is 1. The Hall–Kier alpha value is -1.03. The van der Waals surface area contributed by atoms with Gasteiger partial charge in [-0.15, -0.1) is 0 Å². The van der Waals surface area contributed by atoms with E-state index in [-0.39, 0.29) is 15.6 Å². The number of aromatic carboxylic acids is 1. The summed E-state index contributed by atoms with van der Waals surface area (Å²) < 4.78 is 18.0. The second kappa shape index (κ2) is 3.79. The molecule has 0 radical (unpaired) electrons. The first kappa shape index (κ1) is 10.1. The molecule has 6 heteroatoms. The maximum absolute atomic E-state index is 10.5. The van der Waals surface area contributed by atoms with Crippen LogP contribution < -0.4 is 10.1 Å². The van der Waals surface area contributed by atoms with Crippen LogP contribution in [0.1, 0.15) is 10.4 Å². The third kappa shape index (κ3) is 2.21. The summed E-state index contributed by atoms with van der Waals surface area (Å²) in [6.07, 6.45) is 0. The van der Waals surface area contributed by atoms with Crippen molar-refractivity contribution in [2.45, 2.75) is 0 Å². The van der Waals surface area contributed by atoms with Gasteiger partial charge in [-0.2, -0.15) is 0 Å². The normalized spacial score (nSPS) is 10.4. The third-order valence-electron chi connectivity index (χ3n) is 1.49. The Morgan fingerprint density at radius 3 is 2.46 bits per heavy atom. The molecule has 5 N–H and O–H groups in total. The second-order valence-electron chi connectivity index (χ2n) is 2.37. The number of hydrogen-bond acceptors (Lipinski definition) is 4.